The molecule has 0 aliphatic carbocycles. The number of nitrogens with two attached hydrogens (primary N) is 2. The molecule has 2 aromatic heterocycles. The Kier molecular flexibility index (Phi) is 5.68. The number of aromatic nitrogens is 4. The van der Waals surface area contributed by atoms with Crippen LogP contribution in [0.2, 0.25) is 0 Å². The van der Waals surface area contributed by atoms with E-state index in [9.17, 15) is 28.5 Å². The second-order valence-corrected chi connectivity index (χ2v) is 7.34. The lowest BCUT2D eigenvalue weighted by atomic mass is 10.1. The lowest BCUT2D eigenvalue weighted by molar-refractivity contribution is 0.579. The lowest BCUT2D eigenvalue weighted by Gasteiger charge is -2.21. The van der Waals surface area contributed by atoms with Crippen molar-refractivity contribution in [2.75, 3.05) is 16.8 Å². The number of hydrogen-bond acceptors (Lipinski definition) is 9. The maximum absolute atomic E-state index is 14.7. The first-order valence-corrected chi connectivity index (χ1v) is 9.86. The molecule has 10 nitrogen and oxygen atoms in total. The third-order valence-electron chi connectivity index (χ3n) is 5.03. The molecule has 174 valence electrons. The molecule has 2 aromatic carbocycles. The van der Waals surface area contributed by atoms with Crippen LogP contribution in [0.15, 0.2) is 35.1 Å². The molecule has 4 rings (SSSR count). The van der Waals surface area contributed by atoms with Gasteiger partial charge < -0.3 is 16.8 Å². The molecule has 0 bridgehead atoms. The molecule has 2 heterocycles. The van der Waals surface area contributed by atoms with Crippen LogP contribution in [0, 0.1) is 40.1 Å². The molecule has 13 heteroatoms. The van der Waals surface area contributed by atoms with E-state index in [4.69, 9.17) is 11.5 Å². The van der Waals surface area contributed by atoms with Gasteiger partial charge in [0.2, 0.25) is 5.95 Å². The van der Waals surface area contributed by atoms with Gasteiger partial charge in [-0.15, -0.1) is 0 Å². The summed E-state index contributed by atoms with van der Waals surface area (Å²) in [5.74, 6) is -3.64. The Labute approximate surface area is 194 Å². The summed E-state index contributed by atoms with van der Waals surface area (Å²) in [7, 11) is 0. The molecular formula is C22H14F3N9O. The van der Waals surface area contributed by atoms with E-state index in [1.54, 1.807) is 6.07 Å². The number of nitrogens with zero attached hydrogens (tertiary/aromatic N) is 6. The number of benzene rings is 2. The van der Waals surface area contributed by atoms with Gasteiger partial charge in [0.05, 0.1) is 22.7 Å². The normalized spacial score (nSPS) is 11.6. The van der Waals surface area contributed by atoms with E-state index in [1.165, 1.54) is 6.92 Å². The quantitative estimate of drug-likeness (QED) is 0.399. The zero-order chi connectivity index (χ0) is 25.4. The summed E-state index contributed by atoms with van der Waals surface area (Å²) < 4.78 is 43.6. The zero-order valence-corrected chi connectivity index (χ0v) is 17.8. The number of nitrogens with one attached hydrogen (secondary N) is 1. The molecule has 0 fully saturated rings. The minimum atomic E-state index is -1.02. The number of anilines is 3. The summed E-state index contributed by atoms with van der Waals surface area (Å²) in [5.41, 5.74) is 9.37. The summed E-state index contributed by atoms with van der Waals surface area (Å²) in [4.78, 5) is 25.4. The van der Waals surface area contributed by atoms with Crippen LogP contribution in [0.3, 0.4) is 0 Å². The van der Waals surface area contributed by atoms with Crippen LogP contribution in [0.4, 0.5) is 30.8 Å². The minimum Gasteiger partial charge on any atom is -0.382 e. The fraction of sp³-hybridized carbons (Fsp3) is 0.0909. The number of hydrogen-bond donors (Lipinski definition) is 3. The molecule has 1 atom stereocenters. The van der Waals surface area contributed by atoms with Crippen molar-refractivity contribution in [3.05, 3.63) is 75.1 Å². The Morgan fingerprint density at radius 2 is 1.71 bits per heavy atom. The molecule has 0 amide bonds. The van der Waals surface area contributed by atoms with E-state index >= 15 is 0 Å². The van der Waals surface area contributed by atoms with Gasteiger partial charge in [-0.25, -0.2) is 18.2 Å². The van der Waals surface area contributed by atoms with Crippen LogP contribution >= 0.6 is 0 Å². The number of nitriles is 2. The molecule has 5 N–H and O–H groups in total. The van der Waals surface area contributed by atoms with Crippen LogP contribution in [-0.2, 0) is 0 Å². The number of nitrogen functional groups attached to an aromatic ring is 2. The monoisotopic (exact) mass is 477 g/mol. The first-order valence-electron chi connectivity index (χ1n) is 9.86. The Morgan fingerprint density at radius 1 is 1.03 bits per heavy atom. The summed E-state index contributed by atoms with van der Waals surface area (Å²) >= 11 is 0. The maximum atomic E-state index is 14.7. The number of rotatable bonds is 4. The maximum Gasteiger partial charge on any atom is 0.267 e. The van der Waals surface area contributed by atoms with Crippen LogP contribution in [-0.4, -0.2) is 19.5 Å². The summed E-state index contributed by atoms with van der Waals surface area (Å²) in [5, 5.41) is 21.3. The van der Waals surface area contributed by atoms with Crippen molar-refractivity contribution in [1.82, 2.24) is 19.5 Å². The van der Waals surface area contributed by atoms with E-state index < -0.39 is 34.6 Å². The topological polar surface area (TPSA) is 172 Å². The Balaban J connectivity index is 2.04. The van der Waals surface area contributed by atoms with Gasteiger partial charge in [-0.05, 0) is 31.2 Å². The van der Waals surface area contributed by atoms with Crippen LogP contribution in [0.5, 0.6) is 0 Å². The number of fused-ring (bicyclic) bond motifs is 1. The van der Waals surface area contributed by atoms with Gasteiger partial charge in [0.15, 0.2) is 5.82 Å². The second-order valence-electron chi connectivity index (χ2n) is 7.34. The highest BCUT2D eigenvalue weighted by Gasteiger charge is 2.24. The molecule has 0 aliphatic rings. The van der Waals surface area contributed by atoms with Crippen molar-refractivity contribution in [3.63, 3.8) is 0 Å². The first kappa shape index (κ1) is 23.0. The average molecular weight is 477 g/mol. The van der Waals surface area contributed by atoms with Crippen molar-refractivity contribution in [2.45, 2.75) is 13.0 Å². The fourth-order valence-electron chi connectivity index (χ4n) is 3.55. The molecule has 0 aliphatic heterocycles. The van der Waals surface area contributed by atoms with Gasteiger partial charge in [-0.3, -0.25) is 9.36 Å². The highest BCUT2D eigenvalue weighted by molar-refractivity contribution is 5.85. The molecule has 0 radical (unpaired) electrons. The predicted octanol–water partition coefficient (Wildman–Crippen LogP) is 2.67. The molecule has 0 saturated carbocycles. The summed E-state index contributed by atoms with van der Waals surface area (Å²) in [6.45, 7) is 1.47. The lowest BCUT2D eigenvalue weighted by Crippen LogP contribution is -2.28. The molecule has 0 unspecified atom stereocenters. The Bertz CT molecular complexity index is 1630. The molecular weight excluding hydrogens is 463 g/mol. The van der Waals surface area contributed by atoms with Gasteiger partial charge >= 0.3 is 0 Å². The van der Waals surface area contributed by atoms with Crippen molar-refractivity contribution in [2.24, 2.45) is 0 Å². The largest absolute Gasteiger partial charge is 0.382 e. The van der Waals surface area contributed by atoms with Crippen LogP contribution in [0.25, 0.3) is 16.6 Å². The van der Waals surface area contributed by atoms with E-state index in [1.807, 2.05) is 6.07 Å². The van der Waals surface area contributed by atoms with Gasteiger partial charge in [-0.1, -0.05) is 0 Å². The smallest absolute Gasteiger partial charge is 0.267 e. The van der Waals surface area contributed by atoms with Crippen molar-refractivity contribution in [1.29, 1.82) is 10.5 Å². The highest BCUT2D eigenvalue weighted by Crippen LogP contribution is 2.27. The number of halogens is 3. The van der Waals surface area contributed by atoms with Gasteiger partial charge in [0.25, 0.3) is 5.56 Å². The van der Waals surface area contributed by atoms with E-state index in [0.717, 1.165) is 28.8 Å². The predicted molar refractivity (Wildman–Crippen MR) is 120 cm³/mol. The molecule has 4 aromatic rings. The molecule has 0 saturated heterocycles. The SMILES string of the molecule is C[C@H](Nc1nc(N)nc(N)c1C#N)c1nc2c(F)ccc(C#N)c2c(=O)n1-c1cc(F)cc(F)c1. The van der Waals surface area contributed by atoms with E-state index in [0.29, 0.717) is 6.07 Å². The standard InChI is InChI=1S/C22H14F3N9O/c1-9(30-19-14(8-27)18(28)32-22(29)33-19)20-31-17-15(25)3-2-10(7-26)16(17)21(35)34(20)13-5-11(23)4-12(24)6-13/h2-6,9H,1H3,(H5,28,29,30,32,33)/t9-/m0/s1. The summed E-state index contributed by atoms with van der Waals surface area (Å²) in [6, 6.07) is 7.02. The van der Waals surface area contributed by atoms with Gasteiger partial charge in [0.1, 0.15) is 52.3 Å². The third kappa shape index (κ3) is 4.02. The van der Waals surface area contributed by atoms with Crippen molar-refractivity contribution >= 4 is 28.5 Å². The van der Waals surface area contributed by atoms with Gasteiger partial charge in [-0.2, -0.15) is 20.5 Å². The van der Waals surface area contributed by atoms with Crippen molar-refractivity contribution < 1.29 is 13.2 Å². The summed E-state index contributed by atoms with van der Waals surface area (Å²) in [6.07, 6.45) is 0. The minimum absolute atomic E-state index is 0.109. The Morgan fingerprint density at radius 3 is 2.34 bits per heavy atom. The zero-order valence-electron chi connectivity index (χ0n) is 17.8. The Hall–Kier alpha value is -5.17. The van der Waals surface area contributed by atoms with E-state index in [2.05, 4.69) is 20.3 Å². The third-order valence-corrected chi connectivity index (χ3v) is 5.03. The fourth-order valence-corrected chi connectivity index (χ4v) is 3.55. The second kappa shape index (κ2) is 8.64. The van der Waals surface area contributed by atoms with Crippen molar-refractivity contribution in [3.8, 4) is 17.8 Å². The molecule has 0 spiro atoms. The van der Waals surface area contributed by atoms with E-state index in [-0.39, 0.29) is 45.6 Å². The highest BCUT2D eigenvalue weighted by atomic mass is 19.1. The first-order chi connectivity index (χ1) is 16.6. The van der Waals surface area contributed by atoms with Crippen LogP contribution in [0.1, 0.15) is 29.9 Å². The van der Waals surface area contributed by atoms with Crippen LogP contribution < -0.4 is 22.3 Å². The molecule has 35 heavy (non-hydrogen) atoms. The average Bonchev–Trinajstić information content (AvgIpc) is 2.78. The van der Waals surface area contributed by atoms with Gasteiger partial charge in [0, 0.05) is 6.07 Å².